The zero-order chi connectivity index (χ0) is 31.7. The van der Waals surface area contributed by atoms with E-state index < -0.39 is 28.5 Å². The zero-order valence-electron chi connectivity index (χ0n) is 24.8. The van der Waals surface area contributed by atoms with E-state index in [-0.39, 0.29) is 41.2 Å². The number of hydrogen-bond acceptors (Lipinski definition) is 6. The van der Waals surface area contributed by atoms with Crippen LogP contribution in [0.2, 0.25) is 10.0 Å². The molecule has 1 N–H and O–H groups in total. The van der Waals surface area contributed by atoms with Crippen molar-refractivity contribution in [2.75, 3.05) is 25.1 Å². The van der Waals surface area contributed by atoms with E-state index >= 15 is 0 Å². The topological polar surface area (TPSA) is 105 Å². The first kappa shape index (κ1) is 34.0. The van der Waals surface area contributed by atoms with Gasteiger partial charge >= 0.3 is 0 Å². The first-order valence-electron chi connectivity index (χ1n) is 13.8. The number of nitrogens with one attached hydrogen (secondary N) is 1. The molecular formula is C31H37Cl2N3O6S. The molecule has 3 aromatic rings. The lowest BCUT2D eigenvalue weighted by molar-refractivity contribution is -0.140. The molecule has 0 aliphatic rings. The minimum Gasteiger partial charge on any atom is -0.493 e. The molecule has 12 heteroatoms. The second-order valence-corrected chi connectivity index (χ2v) is 12.6. The lowest BCUT2D eigenvalue weighted by Crippen LogP contribution is -2.53. The van der Waals surface area contributed by atoms with Gasteiger partial charge in [0, 0.05) is 28.7 Å². The molecule has 0 radical (unpaired) electrons. The van der Waals surface area contributed by atoms with Crippen molar-refractivity contribution in [2.45, 2.75) is 57.1 Å². The molecule has 3 aromatic carbocycles. The van der Waals surface area contributed by atoms with E-state index in [1.807, 2.05) is 13.8 Å². The molecule has 232 valence electrons. The SMILES string of the molecule is CCC(C)NC(=O)C(CC)N(Cc1ccc(Cl)cc1Cl)C(=O)CN(c1ccccc1)S(=O)(=O)c1ccc(OC)c(OC)c1. The van der Waals surface area contributed by atoms with Gasteiger partial charge in [0.25, 0.3) is 10.0 Å². The average Bonchev–Trinajstić information content (AvgIpc) is 3.00. The van der Waals surface area contributed by atoms with Crippen LogP contribution in [0, 0.1) is 0 Å². The van der Waals surface area contributed by atoms with Crippen molar-refractivity contribution in [1.29, 1.82) is 0 Å². The van der Waals surface area contributed by atoms with Crippen LogP contribution < -0.4 is 19.1 Å². The Morgan fingerprint density at radius 1 is 0.907 bits per heavy atom. The van der Waals surface area contributed by atoms with Gasteiger partial charge < -0.3 is 19.7 Å². The smallest absolute Gasteiger partial charge is 0.264 e. The Morgan fingerprint density at radius 2 is 1.58 bits per heavy atom. The number of amides is 2. The highest BCUT2D eigenvalue weighted by atomic mass is 35.5. The fourth-order valence-corrected chi connectivity index (χ4v) is 6.32. The molecule has 2 unspecified atom stereocenters. The fourth-order valence-electron chi connectivity index (χ4n) is 4.42. The van der Waals surface area contributed by atoms with Crippen molar-refractivity contribution in [3.05, 3.63) is 82.3 Å². The van der Waals surface area contributed by atoms with Crippen molar-refractivity contribution in [2.24, 2.45) is 0 Å². The molecule has 0 fully saturated rings. The number of carbonyl (C=O) groups excluding carboxylic acids is 2. The van der Waals surface area contributed by atoms with Crippen LogP contribution in [0.4, 0.5) is 5.69 Å². The summed E-state index contributed by atoms with van der Waals surface area (Å²) in [6, 6.07) is 16.4. The molecule has 0 heterocycles. The normalized spacial score (nSPS) is 12.6. The predicted molar refractivity (Wildman–Crippen MR) is 170 cm³/mol. The molecule has 0 aliphatic heterocycles. The van der Waals surface area contributed by atoms with Crippen LogP contribution in [-0.2, 0) is 26.2 Å². The van der Waals surface area contributed by atoms with Crippen molar-refractivity contribution in [3.8, 4) is 11.5 Å². The van der Waals surface area contributed by atoms with Gasteiger partial charge in [0.2, 0.25) is 11.8 Å². The minimum atomic E-state index is -4.30. The number of anilines is 1. The Labute approximate surface area is 263 Å². The molecule has 3 rings (SSSR count). The summed E-state index contributed by atoms with van der Waals surface area (Å²) in [6.07, 6.45) is 0.984. The second-order valence-electron chi connectivity index (χ2n) is 9.86. The van der Waals surface area contributed by atoms with Gasteiger partial charge in [-0.15, -0.1) is 0 Å². The van der Waals surface area contributed by atoms with Crippen LogP contribution >= 0.6 is 23.2 Å². The maximum atomic E-state index is 14.2. The first-order chi connectivity index (χ1) is 20.5. The third kappa shape index (κ3) is 8.34. The monoisotopic (exact) mass is 649 g/mol. The number of benzene rings is 3. The summed E-state index contributed by atoms with van der Waals surface area (Å²) in [5.74, 6) is -0.364. The molecule has 43 heavy (non-hydrogen) atoms. The van der Waals surface area contributed by atoms with Crippen LogP contribution in [0.5, 0.6) is 11.5 Å². The summed E-state index contributed by atoms with van der Waals surface area (Å²) in [4.78, 5) is 28.9. The maximum Gasteiger partial charge on any atom is 0.264 e. The largest absolute Gasteiger partial charge is 0.493 e. The van der Waals surface area contributed by atoms with Gasteiger partial charge in [0.1, 0.15) is 12.6 Å². The summed E-state index contributed by atoms with van der Waals surface area (Å²) in [6.45, 7) is 4.98. The van der Waals surface area contributed by atoms with Gasteiger partial charge in [-0.2, -0.15) is 0 Å². The van der Waals surface area contributed by atoms with Crippen molar-refractivity contribution in [3.63, 3.8) is 0 Å². The Bertz CT molecular complexity index is 1520. The number of rotatable bonds is 14. The minimum absolute atomic E-state index is 0.0414. The third-order valence-electron chi connectivity index (χ3n) is 7.01. The first-order valence-corrected chi connectivity index (χ1v) is 16.0. The van der Waals surface area contributed by atoms with E-state index in [1.54, 1.807) is 55.5 Å². The Hall–Kier alpha value is -3.47. The van der Waals surface area contributed by atoms with Gasteiger partial charge in [0.15, 0.2) is 11.5 Å². The molecule has 0 bridgehead atoms. The standard InChI is InChI=1S/C31H37Cl2N3O6S/c1-6-21(3)34-31(38)27(7-2)35(19-22-13-14-23(32)17-26(22)33)30(37)20-36(24-11-9-8-10-12-24)43(39,40)25-15-16-28(41-4)29(18-25)42-5/h8-18,21,27H,6-7,19-20H2,1-5H3,(H,34,38). The van der Waals surface area contributed by atoms with Gasteiger partial charge in [-0.1, -0.05) is 61.3 Å². The average molecular weight is 651 g/mol. The molecule has 2 amide bonds. The van der Waals surface area contributed by atoms with E-state index in [1.165, 1.54) is 37.3 Å². The molecule has 0 aromatic heterocycles. The molecule has 9 nitrogen and oxygen atoms in total. The van der Waals surface area contributed by atoms with Crippen LogP contribution in [0.15, 0.2) is 71.6 Å². The molecule has 2 atom stereocenters. The molecule has 0 aliphatic carbocycles. The van der Waals surface area contributed by atoms with Gasteiger partial charge in [-0.25, -0.2) is 8.42 Å². The quantitative estimate of drug-likeness (QED) is 0.232. The lowest BCUT2D eigenvalue weighted by Gasteiger charge is -2.34. The van der Waals surface area contributed by atoms with Crippen molar-refractivity contribution in [1.82, 2.24) is 10.2 Å². The highest BCUT2D eigenvalue weighted by molar-refractivity contribution is 7.92. The van der Waals surface area contributed by atoms with Crippen LogP contribution in [0.3, 0.4) is 0 Å². The van der Waals surface area contributed by atoms with Crippen molar-refractivity contribution < 1.29 is 27.5 Å². The number of hydrogen-bond donors (Lipinski definition) is 1. The molecule has 0 saturated carbocycles. The van der Waals surface area contributed by atoms with Crippen molar-refractivity contribution >= 4 is 50.7 Å². The zero-order valence-corrected chi connectivity index (χ0v) is 27.2. The summed E-state index contributed by atoms with van der Waals surface area (Å²) < 4.78 is 39.8. The highest BCUT2D eigenvalue weighted by Gasteiger charge is 2.34. The Morgan fingerprint density at radius 3 is 2.16 bits per heavy atom. The maximum absolute atomic E-state index is 14.2. The molecule has 0 saturated heterocycles. The van der Waals surface area contributed by atoms with E-state index in [0.29, 0.717) is 27.8 Å². The van der Waals surface area contributed by atoms with E-state index in [2.05, 4.69) is 5.32 Å². The summed E-state index contributed by atoms with van der Waals surface area (Å²) in [5, 5.41) is 3.69. The summed E-state index contributed by atoms with van der Waals surface area (Å²) >= 11 is 12.6. The van der Waals surface area contributed by atoms with Gasteiger partial charge in [-0.3, -0.25) is 13.9 Å². The lowest BCUT2D eigenvalue weighted by atomic mass is 10.1. The molecule has 0 spiro atoms. The summed E-state index contributed by atoms with van der Waals surface area (Å²) in [7, 11) is -1.44. The number of sulfonamides is 1. The Balaban J connectivity index is 2.09. The molecular weight excluding hydrogens is 613 g/mol. The van der Waals surface area contributed by atoms with Crippen LogP contribution in [0.1, 0.15) is 39.2 Å². The summed E-state index contributed by atoms with van der Waals surface area (Å²) in [5.41, 5.74) is 0.829. The van der Waals surface area contributed by atoms with E-state index in [9.17, 15) is 18.0 Å². The number of nitrogens with zero attached hydrogens (tertiary/aromatic N) is 2. The van der Waals surface area contributed by atoms with Gasteiger partial charge in [-0.05, 0) is 61.7 Å². The number of para-hydroxylation sites is 1. The number of carbonyl (C=O) groups is 2. The number of methoxy groups -OCH3 is 2. The predicted octanol–water partition coefficient (Wildman–Crippen LogP) is 5.93. The van der Waals surface area contributed by atoms with Crippen LogP contribution in [-0.4, -0.2) is 58.0 Å². The third-order valence-corrected chi connectivity index (χ3v) is 9.37. The van der Waals surface area contributed by atoms with Crippen LogP contribution in [0.25, 0.3) is 0 Å². The van der Waals surface area contributed by atoms with E-state index in [4.69, 9.17) is 32.7 Å². The van der Waals surface area contributed by atoms with E-state index in [0.717, 1.165) is 4.31 Å². The second kappa shape index (κ2) is 15.3. The van der Waals surface area contributed by atoms with Gasteiger partial charge in [0.05, 0.1) is 24.8 Å². The number of ether oxygens (including phenoxy) is 2. The fraction of sp³-hybridized carbons (Fsp3) is 0.355. The number of halogens is 2. The highest BCUT2D eigenvalue weighted by Crippen LogP contribution is 2.32. The Kier molecular flexibility index (Phi) is 12.1.